The third kappa shape index (κ3) is 5.42. The maximum Gasteiger partial charge on any atom is 0.243 e. The predicted octanol–water partition coefficient (Wildman–Crippen LogP) is 4.04. The standard InChI is InChI=1S/C21H25N3O4S/c1-2-3-4-7-13-24(16-21(25)22-20-12-14-28-23-20)29(26,27)19-11-10-17-8-5-6-9-18(17)15-19/h5-6,8-12,14-15H,2-4,7,13,16H2,1H3,(H,22,23,25). The highest BCUT2D eigenvalue weighted by atomic mass is 32.2. The number of rotatable bonds is 10. The number of carbonyl (C=O) groups excluding carboxylic acids is 1. The molecule has 8 heteroatoms. The summed E-state index contributed by atoms with van der Waals surface area (Å²) < 4.78 is 32.5. The smallest absolute Gasteiger partial charge is 0.243 e. The number of hydrogen-bond donors (Lipinski definition) is 1. The van der Waals surface area contributed by atoms with E-state index in [2.05, 4.69) is 17.4 Å². The summed E-state index contributed by atoms with van der Waals surface area (Å²) in [5.74, 6) is -0.206. The van der Waals surface area contributed by atoms with Crippen molar-refractivity contribution >= 4 is 32.5 Å². The first-order valence-electron chi connectivity index (χ1n) is 9.70. The molecule has 1 heterocycles. The van der Waals surface area contributed by atoms with Gasteiger partial charge in [0.15, 0.2) is 5.82 Å². The average molecular weight is 416 g/mol. The molecule has 0 spiro atoms. The molecule has 1 N–H and O–H groups in total. The molecule has 0 aliphatic heterocycles. The van der Waals surface area contributed by atoms with E-state index in [0.717, 1.165) is 30.0 Å². The molecular formula is C21H25N3O4S. The molecule has 0 atom stereocenters. The molecule has 0 aliphatic rings. The van der Waals surface area contributed by atoms with Crippen LogP contribution in [0, 0.1) is 0 Å². The summed E-state index contributed by atoms with van der Waals surface area (Å²) in [6, 6.07) is 14.1. The van der Waals surface area contributed by atoms with Crippen molar-refractivity contribution in [2.45, 2.75) is 37.5 Å². The average Bonchev–Trinajstić information content (AvgIpc) is 3.22. The van der Waals surface area contributed by atoms with Crippen LogP contribution in [0.1, 0.15) is 32.6 Å². The molecule has 0 unspecified atom stereocenters. The topological polar surface area (TPSA) is 92.5 Å². The van der Waals surface area contributed by atoms with Crippen LogP contribution in [0.4, 0.5) is 5.82 Å². The van der Waals surface area contributed by atoms with Gasteiger partial charge in [-0.2, -0.15) is 4.31 Å². The number of amides is 1. The molecule has 0 saturated heterocycles. The second kappa shape index (κ2) is 9.67. The monoisotopic (exact) mass is 415 g/mol. The number of carbonyl (C=O) groups is 1. The number of nitrogens with one attached hydrogen (secondary N) is 1. The van der Waals surface area contributed by atoms with Crippen molar-refractivity contribution in [3.8, 4) is 0 Å². The van der Waals surface area contributed by atoms with Crippen LogP contribution in [0.15, 0.2) is 64.2 Å². The Bertz CT molecular complexity index is 1050. The van der Waals surface area contributed by atoms with Gasteiger partial charge in [-0.1, -0.05) is 61.7 Å². The molecule has 3 aromatic rings. The normalized spacial score (nSPS) is 11.8. The van der Waals surface area contributed by atoms with Crippen LogP contribution in [-0.2, 0) is 14.8 Å². The molecule has 29 heavy (non-hydrogen) atoms. The highest BCUT2D eigenvalue weighted by Crippen LogP contribution is 2.22. The minimum absolute atomic E-state index is 0.181. The Kier molecular flexibility index (Phi) is 7.00. The summed E-state index contributed by atoms with van der Waals surface area (Å²) in [4.78, 5) is 12.6. The van der Waals surface area contributed by atoms with E-state index in [1.807, 2.05) is 24.3 Å². The molecule has 1 aromatic heterocycles. The van der Waals surface area contributed by atoms with E-state index in [1.54, 1.807) is 18.2 Å². The van der Waals surface area contributed by atoms with E-state index in [1.165, 1.54) is 16.6 Å². The van der Waals surface area contributed by atoms with Gasteiger partial charge >= 0.3 is 0 Å². The van der Waals surface area contributed by atoms with Crippen molar-refractivity contribution in [3.63, 3.8) is 0 Å². The molecule has 0 aliphatic carbocycles. The van der Waals surface area contributed by atoms with Gasteiger partial charge in [0.2, 0.25) is 15.9 Å². The minimum Gasteiger partial charge on any atom is -0.363 e. The number of unbranched alkanes of at least 4 members (excludes halogenated alkanes) is 3. The number of benzene rings is 2. The van der Waals surface area contributed by atoms with Crippen LogP contribution in [-0.4, -0.2) is 36.9 Å². The summed E-state index contributed by atoms with van der Waals surface area (Å²) in [6.45, 7) is 2.09. The van der Waals surface area contributed by atoms with Gasteiger partial charge < -0.3 is 9.84 Å². The third-order valence-electron chi connectivity index (χ3n) is 4.65. The van der Waals surface area contributed by atoms with Crippen molar-refractivity contribution < 1.29 is 17.7 Å². The lowest BCUT2D eigenvalue weighted by Gasteiger charge is -2.22. The zero-order valence-electron chi connectivity index (χ0n) is 16.4. The predicted molar refractivity (Wildman–Crippen MR) is 112 cm³/mol. The fourth-order valence-corrected chi connectivity index (χ4v) is 4.57. The quantitative estimate of drug-likeness (QED) is 0.505. The Morgan fingerprint density at radius 2 is 1.86 bits per heavy atom. The Hall–Kier alpha value is -2.71. The molecule has 1 amide bonds. The number of fused-ring (bicyclic) bond motifs is 1. The number of sulfonamides is 1. The molecule has 154 valence electrons. The van der Waals surface area contributed by atoms with Crippen LogP contribution in [0.3, 0.4) is 0 Å². The van der Waals surface area contributed by atoms with Gasteiger partial charge in [-0.3, -0.25) is 4.79 Å². The number of anilines is 1. The molecule has 0 radical (unpaired) electrons. The molecule has 7 nitrogen and oxygen atoms in total. The van der Waals surface area contributed by atoms with Gasteiger partial charge in [0, 0.05) is 12.6 Å². The van der Waals surface area contributed by atoms with Crippen molar-refractivity contribution in [1.29, 1.82) is 0 Å². The first-order valence-corrected chi connectivity index (χ1v) is 11.1. The van der Waals surface area contributed by atoms with E-state index >= 15 is 0 Å². The highest BCUT2D eigenvalue weighted by Gasteiger charge is 2.26. The molecule has 3 rings (SSSR count). The third-order valence-corrected chi connectivity index (χ3v) is 6.49. The van der Waals surface area contributed by atoms with Gasteiger partial charge in [-0.15, -0.1) is 0 Å². The maximum absolute atomic E-state index is 13.3. The molecule has 0 saturated carbocycles. The van der Waals surface area contributed by atoms with Crippen molar-refractivity contribution in [3.05, 3.63) is 54.8 Å². The van der Waals surface area contributed by atoms with Crippen LogP contribution in [0.2, 0.25) is 0 Å². The first kappa shape index (κ1) is 21.0. The van der Waals surface area contributed by atoms with Crippen molar-refractivity contribution in [2.75, 3.05) is 18.4 Å². The summed E-state index contributed by atoms with van der Waals surface area (Å²) in [5, 5.41) is 7.99. The first-order chi connectivity index (χ1) is 14.0. The van der Waals surface area contributed by atoms with E-state index in [0.29, 0.717) is 6.42 Å². The SMILES string of the molecule is CCCCCCN(CC(=O)Nc1ccon1)S(=O)(=O)c1ccc2ccccc2c1. The minimum atomic E-state index is -3.83. The second-order valence-corrected chi connectivity index (χ2v) is 8.78. The van der Waals surface area contributed by atoms with Gasteiger partial charge in [0.1, 0.15) is 6.26 Å². The maximum atomic E-state index is 13.3. The van der Waals surface area contributed by atoms with Crippen LogP contribution < -0.4 is 5.32 Å². The fourth-order valence-electron chi connectivity index (χ4n) is 3.10. The van der Waals surface area contributed by atoms with Gasteiger partial charge in [-0.25, -0.2) is 8.42 Å². The van der Waals surface area contributed by atoms with E-state index in [-0.39, 0.29) is 23.8 Å². The zero-order valence-corrected chi connectivity index (χ0v) is 17.2. The largest absolute Gasteiger partial charge is 0.363 e. The van der Waals surface area contributed by atoms with E-state index in [9.17, 15) is 13.2 Å². The Labute approximate surface area is 170 Å². The Balaban J connectivity index is 1.82. The number of hydrogen-bond acceptors (Lipinski definition) is 5. The van der Waals surface area contributed by atoms with Crippen molar-refractivity contribution in [1.82, 2.24) is 9.46 Å². The Morgan fingerprint density at radius 1 is 1.07 bits per heavy atom. The molecule has 2 aromatic carbocycles. The van der Waals surface area contributed by atoms with Gasteiger partial charge in [-0.05, 0) is 29.3 Å². The second-order valence-electron chi connectivity index (χ2n) is 6.84. The lowest BCUT2D eigenvalue weighted by atomic mass is 10.1. The Morgan fingerprint density at radius 3 is 2.59 bits per heavy atom. The lowest BCUT2D eigenvalue weighted by Crippen LogP contribution is -2.38. The number of nitrogens with zero attached hydrogens (tertiary/aromatic N) is 2. The molecule has 0 fully saturated rings. The summed E-state index contributed by atoms with van der Waals surface area (Å²) >= 11 is 0. The highest BCUT2D eigenvalue weighted by molar-refractivity contribution is 7.89. The van der Waals surface area contributed by atoms with Gasteiger partial charge in [0.05, 0.1) is 11.4 Å². The summed E-state index contributed by atoms with van der Waals surface area (Å²) in [7, 11) is -3.83. The molecular weight excluding hydrogens is 390 g/mol. The zero-order chi connectivity index (χ0) is 20.7. The molecule has 0 bridgehead atoms. The van der Waals surface area contributed by atoms with Crippen molar-refractivity contribution in [2.24, 2.45) is 0 Å². The number of aromatic nitrogens is 1. The lowest BCUT2D eigenvalue weighted by molar-refractivity contribution is -0.116. The summed E-state index contributed by atoms with van der Waals surface area (Å²) in [6.07, 6.45) is 5.01. The summed E-state index contributed by atoms with van der Waals surface area (Å²) in [5.41, 5.74) is 0. The van der Waals surface area contributed by atoms with E-state index < -0.39 is 15.9 Å². The fraction of sp³-hybridized carbons (Fsp3) is 0.333. The van der Waals surface area contributed by atoms with Crippen LogP contribution in [0.5, 0.6) is 0 Å². The van der Waals surface area contributed by atoms with Crippen LogP contribution in [0.25, 0.3) is 10.8 Å². The van der Waals surface area contributed by atoms with Gasteiger partial charge in [0.25, 0.3) is 0 Å². The van der Waals surface area contributed by atoms with Crippen LogP contribution >= 0.6 is 0 Å². The van der Waals surface area contributed by atoms with E-state index in [4.69, 9.17) is 4.52 Å².